The first-order chi connectivity index (χ1) is 9.76. The molecule has 2 aromatic rings. The largest absolute Gasteiger partial charge is 0.310 e. The molecule has 0 aliphatic carbocycles. The molecule has 0 saturated carbocycles. The van der Waals surface area contributed by atoms with E-state index < -0.39 is 0 Å². The summed E-state index contributed by atoms with van der Waals surface area (Å²) in [5.74, 6) is 0.998. The van der Waals surface area contributed by atoms with Gasteiger partial charge in [-0.15, -0.1) is 0 Å². The summed E-state index contributed by atoms with van der Waals surface area (Å²) in [4.78, 5) is 8.57. The molecule has 2 aromatic heterocycles. The van der Waals surface area contributed by atoms with Crippen LogP contribution in [0, 0.1) is 0 Å². The minimum absolute atomic E-state index is 0.260. The first kappa shape index (κ1) is 14.7. The van der Waals surface area contributed by atoms with Gasteiger partial charge in [0.1, 0.15) is 12.2 Å². The Balaban J connectivity index is 2.24. The van der Waals surface area contributed by atoms with Crippen LogP contribution in [0.25, 0.3) is 0 Å². The number of hydrogen-bond donors (Lipinski definition) is 1. The molecule has 5 heteroatoms. The topological polar surface area (TPSA) is 55.6 Å². The number of pyridine rings is 1. The van der Waals surface area contributed by atoms with E-state index in [1.54, 1.807) is 6.33 Å². The van der Waals surface area contributed by atoms with Crippen LogP contribution in [0.15, 0.2) is 24.8 Å². The average Bonchev–Trinajstić information content (AvgIpc) is 2.88. The van der Waals surface area contributed by atoms with Crippen molar-refractivity contribution in [2.75, 3.05) is 6.54 Å². The Morgan fingerprint density at radius 3 is 2.85 bits per heavy atom. The maximum atomic E-state index is 4.34. The van der Waals surface area contributed by atoms with Crippen molar-refractivity contribution in [1.29, 1.82) is 0 Å². The molecule has 2 rings (SSSR count). The Morgan fingerprint density at radius 1 is 1.35 bits per heavy atom. The Labute approximate surface area is 120 Å². The molecule has 2 heterocycles. The van der Waals surface area contributed by atoms with Gasteiger partial charge in [0.2, 0.25) is 0 Å². The number of nitrogens with one attached hydrogen (secondary N) is 1. The molecule has 0 fully saturated rings. The molecule has 0 spiro atoms. The van der Waals surface area contributed by atoms with Gasteiger partial charge >= 0.3 is 0 Å². The number of aryl methyl sites for hydroxylation is 2. The van der Waals surface area contributed by atoms with Crippen LogP contribution in [0.3, 0.4) is 0 Å². The predicted octanol–water partition coefficient (Wildman–Crippen LogP) is 2.06. The molecule has 0 aromatic carbocycles. The summed E-state index contributed by atoms with van der Waals surface area (Å²) < 4.78 is 1.84. The van der Waals surface area contributed by atoms with Crippen molar-refractivity contribution in [3.8, 4) is 0 Å². The van der Waals surface area contributed by atoms with E-state index in [-0.39, 0.29) is 6.04 Å². The highest BCUT2D eigenvalue weighted by atomic mass is 15.3. The second kappa shape index (κ2) is 7.14. The molecule has 0 radical (unpaired) electrons. The summed E-state index contributed by atoms with van der Waals surface area (Å²) in [7, 11) is 1.94. The number of rotatable bonds is 7. The van der Waals surface area contributed by atoms with Gasteiger partial charge in [0.05, 0.1) is 0 Å². The highest BCUT2D eigenvalue weighted by Crippen LogP contribution is 2.21. The molecule has 108 valence electrons. The predicted molar refractivity (Wildman–Crippen MR) is 79.4 cm³/mol. The minimum atomic E-state index is 0.260. The van der Waals surface area contributed by atoms with E-state index in [1.165, 1.54) is 11.1 Å². The smallest absolute Gasteiger partial charge is 0.138 e. The van der Waals surface area contributed by atoms with Crippen LogP contribution < -0.4 is 5.32 Å². The first-order valence-electron chi connectivity index (χ1n) is 7.25. The molecule has 20 heavy (non-hydrogen) atoms. The van der Waals surface area contributed by atoms with Gasteiger partial charge in [-0.1, -0.05) is 13.8 Å². The summed E-state index contributed by atoms with van der Waals surface area (Å²) >= 11 is 0. The maximum absolute atomic E-state index is 4.34. The van der Waals surface area contributed by atoms with Crippen molar-refractivity contribution in [3.05, 3.63) is 41.7 Å². The third kappa shape index (κ3) is 3.42. The van der Waals surface area contributed by atoms with Crippen molar-refractivity contribution >= 4 is 0 Å². The lowest BCUT2D eigenvalue weighted by Gasteiger charge is -2.21. The Hall–Kier alpha value is -1.75. The van der Waals surface area contributed by atoms with Crippen LogP contribution in [-0.4, -0.2) is 26.3 Å². The molecule has 1 atom stereocenters. The van der Waals surface area contributed by atoms with Gasteiger partial charge in [0.15, 0.2) is 0 Å². The lowest BCUT2D eigenvalue weighted by Crippen LogP contribution is -2.26. The van der Waals surface area contributed by atoms with Crippen molar-refractivity contribution in [1.82, 2.24) is 25.1 Å². The lowest BCUT2D eigenvalue weighted by molar-refractivity contribution is 0.503. The zero-order valence-corrected chi connectivity index (χ0v) is 12.5. The summed E-state index contributed by atoms with van der Waals surface area (Å²) in [5.41, 5.74) is 2.61. The van der Waals surface area contributed by atoms with Crippen LogP contribution in [-0.2, 0) is 19.9 Å². The standard InChI is InChI=1S/C15H23N5/c1-4-7-17-14(9-15-18-11-19-20(15)3)13-6-8-16-10-12(13)5-2/h6,8,10-11,14,17H,4-5,7,9H2,1-3H3. The second-order valence-corrected chi connectivity index (χ2v) is 4.94. The maximum Gasteiger partial charge on any atom is 0.138 e. The van der Waals surface area contributed by atoms with E-state index in [2.05, 4.69) is 40.3 Å². The molecule has 0 amide bonds. The Kier molecular flexibility index (Phi) is 5.24. The molecule has 0 aliphatic rings. The van der Waals surface area contributed by atoms with E-state index in [0.717, 1.165) is 31.6 Å². The lowest BCUT2D eigenvalue weighted by atomic mass is 9.98. The van der Waals surface area contributed by atoms with Gasteiger partial charge in [-0.3, -0.25) is 9.67 Å². The number of nitrogens with zero attached hydrogens (tertiary/aromatic N) is 4. The zero-order valence-electron chi connectivity index (χ0n) is 12.5. The number of hydrogen-bond acceptors (Lipinski definition) is 4. The van der Waals surface area contributed by atoms with E-state index in [9.17, 15) is 0 Å². The molecule has 5 nitrogen and oxygen atoms in total. The Morgan fingerprint density at radius 2 is 2.20 bits per heavy atom. The Bertz CT molecular complexity index is 535. The van der Waals surface area contributed by atoms with Crippen molar-refractivity contribution in [2.24, 2.45) is 7.05 Å². The average molecular weight is 273 g/mol. The van der Waals surface area contributed by atoms with Crippen molar-refractivity contribution in [2.45, 2.75) is 39.2 Å². The molecule has 0 saturated heterocycles. The quantitative estimate of drug-likeness (QED) is 0.839. The van der Waals surface area contributed by atoms with Gasteiger partial charge in [0, 0.05) is 31.9 Å². The third-order valence-corrected chi connectivity index (χ3v) is 3.53. The van der Waals surface area contributed by atoms with E-state index in [0.29, 0.717) is 0 Å². The molecular formula is C15H23N5. The highest BCUT2D eigenvalue weighted by Gasteiger charge is 2.17. The summed E-state index contributed by atoms with van der Waals surface area (Å²) in [5, 5.41) is 7.77. The van der Waals surface area contributed by atoms with Crippen LogP contribution in [0.1, 0.15) is 43.3 Å². The number of aromatic nitrogens is 4. The van der Waals surface area contributed by atoms with Gasteiger partial charge in [-0.05, 0) is 36.6 Å². The van der Waals surface area contributed by atoms with E-state index in [4.69, 9.17) is 0 Å². The normalized spacial score (nSPS) is 12.6. The highest BCUT2D eigenvalue weighted by molar-refractivity contribution is 5.27. The van der Waals surface area contributed by atoms with E-state index in [1.807, 2.05) is 24.1 Å². The van der Waals surface area contributed by atoms with Crippen LogP contribution in [0.5, 0.6) is 0 Å². The molecule has 0 bridgehead atoms. The molecule has 0 aliphatic heterocycles. The molecular weight excluding hydrogens is 250 g/mol. The molecule has 1 unspecified atom stereocenters. The second-order valence-electron chi connectivity index (χ2n) is 4.94. The third-order valence-electron chi connectivity index (χ3n) is 3.53. The van der Waals surface area contributed by atoms with Crippen molar-refractivity contribution < 1.29 is 0 Å². The first-order valence-corrected chi connectivity index (χ1v) is 7.25. The zero-order chi connectivity index (χ0) is 14.4. The summed E-state index contributed by atoms with van der Waals surface area (Å²) in [6.45, 7) is 5.34. The van der Waals surface area contributed by atoms with Crippen LogP contribution >= 0.6 is 0 Å². The molecule has 1 N–H and O–H groups in total. The summed E-state index contributed by atoms with van der Waals surface area (Å²) in [6.07, 6.45) is 8.39. The van der Waals surface area contributed by atoms with Gasteiger partial charge in [-0.2, -0.15) is 5.10 Å². The van der Waals surface area contributed by atoms with E-state index >= 15 is 0 Å². The summed E-state index contributed by atoms with van der Waals surface area (Å²) in [6, 6.07) is 2.37. The van der Waals surface area contributed by atoms with Gasteiger partial charge in [-0.25, -0.2) is 4.98 Å². The van der Waals surface area contributed by atoms with Crippen LogP contribution in [0.4, 0.5) is 0 Å². The SMILES string of the molecule is CCCNC(Cc1ncnn1C)c1ccncc1CC. The van der Waals surface area contributed by atoms with Crippen LogP contribution in [0.2, 0.25) is 0 Å². The van der Waals surface area contributed by atoms with Gasteiger partial charge < -0.3 is 5.32 Å². The fourth-order valence-corrected chi connectivity index (χ4v) is 2.37. The fourth-order valence-electron chi connectivity index (χ4n) is 2.37. The fraction of sp³-hybridized carbons (Fsp3) is 0.533. The van der Waals surface area contributed by atoms with Crippen molar-refractivity contribution in [3.63, 3.8) is 0 Å². The van der Waals surface area contributed by atoms with Gasteiger partial charge in [0.25, 0.3) is 0 Å². The monoisotopic (exact) mass is 273 g/mol. The minimum Gasteiger partial charge on any atom is -0.310 e.